The molecule has 3 fully saturated rings. The number of carbonyl (C=O) groups excluding carboxylic acids is 2. The third-order valence-electron chi connectivity index (χ3n) is 11.8. The zero-order chi connectivity index (χ0) is 31.7. The van der Waals surface area contributed by atoms with Gasteiger partial charge in [-0.15, -0.1) is 6.42 Å². The number of oxime groups is 1. The molecule has 4 aliphatic carbocycles. The lowest BCUT2D eigenvalue weighted by molar-refractivity contribution is -0.144. The van der Waals surface area contributed by atoms with Crippen LogP contribution in [0.3, 0.4) is 0 Å². The van der Waals surface area contributed by atoms with E-state index in [2.05, 4.69) is 41.6 Å². The van der Waals surface area contributed by atoms with Crippen LogP contribution in [0.4, 0.5) is 0 Å². The number of nitrogens with zero attached hydrogens (tertiary/aromatic N) is 1. The Hall–Kier alpha value is -2.86. The van der Waals surface area contributed by atoms with Gasteiger partial charge in [-0.3, -0.25) is 9.59 Å². The summed E-state index contributed by atoms with van der Waals surface area (Å²) in [5.74, 6) is 1.70. The minimum absolute atomic E-state index is 0.0818. The van der Waals surface area contributed by atoms with Gasteiger partial charge < -0.3 is 25.7 Å². The van der Waals surface area contributed by atoms with Crippen molar-refractivity contribution in [2.45, 2.75) is 117 Å². The monoisotopic (exact) mass is 597 g/mol. The second-order valence-electron chi connectivity index (χ2n) is 14.4. The number of fused-ring (bicyclic) bond motifs is 5. The number of carboxylic acid groups (broad SMARTS) is 1. The normalized spacial score (nSPS) is 36.2. The number of hydrogen-bond acceptors (Lipinski definition) is 6. The van der Waals surface area contributed by atoms with Crippen LogP contribution in [0.5, 0.6) is 0 Å². The molecule has 0 bridgehead atoms. The maximum atomic E-state index is 12.9. The Bertz CT molecular complexity index is 1200. The molecular weight excluding hydrogens is 546 g/mol. The fourth-order valence-electron chi connectivity index (χ4n) is 8.75. The molecule has 4 rings (SSSR count). The van der Waals surface area contributed by atoms with Crippen LogP contribution in [0, 0.1) is 52.8 Å². The van der Waals surface area contributed by atoms with E-state index in [4.69, 9.17) is 11.3 Å². The van der Waals surface area contributed by atoms with E-state index < -0.39 is 35.5 Å². The zero-order valence-electron chi connectivity index (χ0n) is 26.7. The first kappa shape index (κ1) is 33.0. The average Bonchev–Trinajstić information content (AvgIpc) is 3.24. The Balaban J connectivity index is 1.35. The fourth-order valence-corrected chi connectivity index (χ4v) is 8.75. The molecule has 0 aromatic carbocycles. The molecule has 2 amide bonds. The van der Waals surface area contributed by atoms with Crippen LogP contribution in [-0.2, 0) is 19.2 Å². The molecule has 9 nitrogen and oxygen atoms in total. The van der Waals surface area contributed by atoms with Crippen LogP contribution < -0.4 is 10.6 Å². The molecule has 0 unspecified atom stereocenters. The molecule has 0 radical (unpaired) electrons. The van der Waals surface area contributed by atoms with Crippen molar-refractivity contribution in [2.75, 3.05) is 6.61 Å². The number of carbonyl (C=O) groups is 3. The summed E-state index contributed by atoms with van der Waals surface area (Å²) in [5.41, 5.74) is 1.09. The largest absolute Gasteiger partial charge is 0.480 e. The summed E-state index contributed by atoms with van der Waals surface area (Å²) in [6.07, 6.45) is 16.1. The van der Waals surface area contributed by atoms with Crippen LogP contribution in [-0.4, -0.2) is 58.0 Å². The quantitative estimate of drug-likeness (QED) is 0.217. The van der Waals surface area contributed by atoms with E-state index in [1.165, 1.54) is 5.57 Å². The van der Waals surface area contributed by atoms with Gasteiger partial charge in [0.25, 0.3) is 5.91 Å². The van der Waals surface area contributed by atoms with Crippen molar-refractivity contribution in [3.05, 3.63) is 11.6 Å². The lowest BCUT2D eigenvalue weighted by Gasteiger charge is -2.58. The highest BCUT2D eigenvalue weighted by molar-refractivity contribution is 5.96. The molecule has 43 heavy (non-hydrogen) atoms. The van der Waals surface area contributed by atoms with Crippen LogP contribution >= 0.6 is 0 Å². The number of carboxylic acids is 1. The van der Waals surface area contributed by atoms with Crippen molar-refractivity contribution in [3.63, 3.8) is 0 Å². The fraction of sp³-hybridized carbons (Fsp3) is 0.765. The van der Waals surface area contributed by atoms with Crippen LogP contribution in [0.2, 0.25) is 0 Å². The highest BCUT2D eigenvalue weighted by Gasteiger charge is 2.63. The van der Waals surface area contributed by atoms with Crippen molar-refractivity contribution >= 4 is 23.5 Å². The van der Waals surface area contributed by atoms with Crippen molar-refractivity contribution in [1.82, 2.24) is 10.6 Å². The molecule has 0 saturated heterocycles. The first-order valence-electron chi connectivity index (χ1n) is 16.1. The molecule has 9 atom stereocenters. The number of rotatable bonds is 10. The van der Waals surface area contributed by atoms with Crippen molar-refractivity contribution in [1.29, 1.82) is 0 Å². The second kappa shape index (κ2) is 12.6. The minimum Gasteiger partial charge on any atom is -0.480 e. The van der Waals surface area contributed by atoms with Gasteiger partial charge in [0.1, 0.15) is 17.7 Å². The van der Waals surface area contributed by atoms with Gasteiger partial charge in [-0.25, -0.2) is 4.79 Å². The highest BCUT2D eigenvalue weighted by atomic mass is 16.6. The number of terminal acetylenes is 1. The number of amides is 2. The number of allylic oxidation sites excluding steroid dienone is 2. The molecule has 9 heteroatoms. The summed E-state index contributed by atoms with van der Waals surface area (Å²) < 4.78 is 0. The van der Waals surface area contributed by atoms with Gasteiger partial charge in [-0.1, -0.05) is 64.6 Å². The molecule has 3 saturated carbocycles. The third kappa shape index (κ3) is 6.09. The summed E-state index contributed by atoms with van der Waals surface area (Å²) >= 11 is 0. The van der Waals surface area contributed by atoms with Gasteiger partial charge in [0.15, 0.2) is 6.61 Å². The van der Waals surface area contributed by atoms with E-state index in [0.717, 1.165) is 50.7 Å². The van der Waals surface area contributed by atoms with E-state index in [9.17, 15) is 24.6 Å². The first-order chi connectivity index (χ1) is 20.2. The molecular formula is C34H51N3O6. The Morgan fingerprint density at radius 3 is 2.40 bits per heavy atom. The number of aliphatic hydroxyl groups is 1. The lowest BCUT2D eigenvalue weighted by Crippen LogP contribution is -2.55. The maximum Gasteiger partial charge on any atom is 0.326 e. The van der Waals surface area contributed by atoms with E-state index in [-0.39, 0.29) is 29.3 Å². The Morgan fingerprint density at radius 1 is 1.07 bits per heavy atom. The Kier molecular flexibility index (Phi) is 9.71. The van der Waals surface area contributed by atoms with Gasteiger partial charge in [-0.05, 0) is 92.4 Å². The maximum absolute atomic E-state index is 12.9. The van der Waals surface area contributed by atoms with Crippen LogP contribution in [0.25, 0.3) is 0 Å². The molecule has 0 heterocycles. The summed E-state index contributed by atoms with van der Waals surface area (Å²) in [6.45, 7) is 11.5. The van der Waals surface area contributed by atoms with Crippen LogP contribution in [0.1, 0.15) is 99.3 Å². The lowest BCUT2D eigenvalue weighted by atomic mass is 9.46. The molecule has 4 N–H and O–H groups in total. The SMILES string of the molecule is C#C[C@@]1(O)CC[C@H]2[C@@H]3CCC4=C/C(=N\OCC(=O)N[C@@H](C(=O)N[C@H](C(=O)O)[C@@H](C)CC)C(C)C)CC[C@]4(C)[C@H]3CC[C@@]21C. The van der Waals surface area contributed by atoms with Crippen LogP contribution in [0.15, 0.2) is 16.8 Å². The zero-order valence-corrected chi connectivity index (χ0v) is 26.7. The predicted octanol–water partition coefficient (Wildman–Crippen LogP) is 4.44. The van der Waals surface area contributed by atoms with E-state index >= 15 is 0 Å². The van der Waals surface area contributed by atoms with E-state index in [1.807, 2.05) is 6.92 Å². The van der Waals surface area contributed by atoms with Gasteiger partial charge >= 0.3 is 5.97 Å². The summed E-state index contributed by atoms with van der Waals surface area (Å²) in [4.78, 5) is 42.7. The van der Waals surface area contributed by atoms with Gasteiger partial charge in [0, 0.05) is 5.41 Å². The van der Waals surface area contributed by atoms with Gasteiger partial charge in [0.2, 0.25) is 5.91 Å². The molecule has 0 aliphatic heterocycles. The Labute approximate surface area is 256 Å². The van der Waals surface area contributed by atoms with Gasteiger partial charge in [-0.2, -0.15) is 0 Å². The molecule has 0 spiro atoms. The smallest absolute Gasteiger partial charge is 0.326 e. The van der Waals surface area contributed by atoms with Gasteiger partial charge in [0.05, 0.1) is 5.71 Å². The molecule has 238 valence electrons. The van der Waals surface area contributed by atoms with E-state index in [0.29, 0.717) is 30.6 Å². The first-order valence-corrected chi connectivity index (χ1v) is 16.1. The predicted molar refractivity (Wildman–Crippen MR) is 165 cm³/mol. The minimum atomic E-state index is -1.10. The highest BCUT2D eigenvalue weighted by Crippen LogP contribution is 2.67. The summed E-state index contributed by atoms with van der Waals surface area (Å²) in [7, 11) is 0. The number of hydrogen-bond donors (Lipinski definition) is 4. The second-order valence-corrected chi connectivity index (χ2v) is 14.4. The molecule has 4 aliphatic rings. The Morgan fingerprint density at radius 2 is 1.77 bits per heavy atom. The average molecular weight is 598 g/mol. The van der Waals surface area contributed by atoms with E-state index in [1.54, 1.807) is 20.8 Å². The van der Waals surface area contributed by atoms with Crippen molar-refractivity contribution in [2.24, 2.45) is 45.6 Å². The van der Waals surface area contributed by atoms with Crippen molar-refractivity contribution in [3.8, 4) is 12.3 Å². The molecule has 0 aromatic rings. The topological polar surface area (TPSA) is 137 Å². The molecule has 0 aromatic heterocycles. The summed E-state index contributed by atoms with van der Waals surface area (Å²) in [6, 6.07) is -1.92. The summed E-state index contributed by atoms with van der Waals surface area (Å²) in [5, 5.41) is 30.3. The standard InChI is InChI=1S/C34H51N3O6/c1-8-21(5)29(31(40)41)36-30(39)28(20(3)4)35-27(38)19-43-37-23-12-15-32(6)22(18-23)10-11-24-25(32)13-16-33(7)26(24)14-17-34(33,42)9-2/h2,18,20-21,24-26,28-29,42H,8,10-17,19H2,1,3-7H3,(H,35,38)(H,36,39)(H,40,41)/b37-23-/t21-,24+,25-,26-,28+,29-,32-,33-,34+/m0/s1. The number of nitrogens with one attached hydrogen (secondary N) is 2. The van der Waals surface area contributed by atoms with Crippen molar-refractivity contribution < 1.29 is 29.4 Å². The number of aliphatic carboxylic acids is 1. The third-order valence-corrected chi connectivity index (χ3v) is 11.8.